The molecule has 0 unspecified atom stereocenters. The lowest BCUT2D eigenvalue weighted by molar-refractivity contribution is -0.113. The van der Waals surface area contributed by atoms with Crippen LogP contribution in [0.4, 0.5) is 5.69 Å². The van der Waals surface area contributed by atoms with E-state index >= 15 is 0 Å². The number of hydrogen-bond donors (Lipinski definition) is 1. The fraction of sp³-hybridized carbons (Fsp3) is 0.150. The number of hydrogen-bond acceptors (Lipinski definition) is 8. The number of anilines is 1. The second kappa shape index (κ2) is 8.78. The average Bonchev–Trinajstić information content (AvgIpc) is 3.40. The van der Waals surface area contributed by atoms with Gasteiger partial charge in [0, 0.05) is 24.4 Å². The number of carbonyl (C=O) groups is 1. The van der Waals surface area contributed by atoms with Crippen LogP contribution in [-0.2, 0) is 11.8 Å². The second-order valence-corrected chi connectivity index (χ2v) is 7.17. The summed E-state index contributed by atoms with van der Waals surface area (Å²) in [4.78, 5) is 16.7. The fourth-order valence-electron chi connectivity index (χ4n) is 2.67. The first-order chi connectivity index (χ1) is 14.6. The van der Waals surface area contributed by atoms with Gasteiger partial charge in [-0.2, -0.15) is 4.98 Å². The van der Waals surface area contributed by atoms with Crippen molar-refractivity contribution in [3.8, 4) is 28.9 Å². The molecule has 30 heavy (non-hydrogen) atoms. The minimum Gasteiger partial charge on any atom is -0.497 e. The molecule has 0 aliphatic heterocycles. The molecule has 2 aromatic heterocycles. The van der Waals surface area contributed by atoms with Gasteiger partial charge in [0.15, 0.2) is 5.16 Å². The quantitative estimate of drug-likeness (QED) is 0.452. The van der Waals surface area contributed by atoms with E-state index in [4.69, 9.17) is 9.26 Å². The number of ether oxygens (including phenoxy) is 1. The number of methoxy groups -OCH3 is 1. The Labute approximate surface area is 176 Å². The Kier molecular flexibility index (Phi) is 5.75. The third-order valence-corrected chi connectivity index (χ3v) is 5.19. The standard InChI is InChI=1S/C20H18N6O3S/c1-26-18(19-22-17(25-29-19)13-7-4-3-5-8-13)23-24-20(26)30-12-16(27)21-14-9-6-10-15(11-14)28-2/h3-11H,12H2,1-2H3,(H,21,27). The number of nitrogens with one attached hydrogen (secondary N) is 1. The first kappa shape index (κ1) is 19.6. The molecular formula is C20H18N6O3S. The van der Waals surface area contributed by atoms with Crippen molar-refractivity contribution in [1.82, 2.24) is 24.9 Å². The van der Waals surface area contributed by atoms with Gasteiger partial charge in [0.25, 0.3) is 5.89 Å². The maximum atomic E-state index is 12.3. The highest BCUT2D eigenvalue weighted by Crippen LogP contribution is 2.24. The molecule has 152 valence electrons. The molecule has 9 nitrogen and oxygen atoms in total. The van der Waals surface area contributed by atoms with E-state index in [-0.39, 0.29) is 17.6 Å². The predicted molar refractivity (Wildman–Crippen MR) is 112 cm³/mol. The summed E-state index contributed by atoms with van der Waals surface area (Å²) < 4.78 is 12.2. The van der Waals surface area contributed by atoms with Gasteiger partial charge in [-0.05, 0) is 12.1 Å². The van der Waals surface area contributed by atoms with Crippen molar-refractivity contribution in [2.24, 2.45) is 7.05 Å². The lowest BCUT2D eigenvalue weighted by Crippen LogP contribution is -2.14. The first-order valence-electron chi connectivity index (χ1n) is 8.99. The molecule has 0 radical (unpaired) electrons. The van der Waals surface area contributed by atoms with Gasteiger partial charge in [0.1, 0.15) is 5.75 Å². The molecule has 0 bridgehead atoms. The zero-order valence-electron chi connectivity index (χ0n) is 16.3. The Morgan fingerprint density at radius 3 is 2.80 bits per heavy atom. The molecule has 4 aromatic rings. The van der Waals surface area contributed by atoms with Crippen molar-refractivity contribution >= 4 is 23.4 Å². The van der Waals surface area contributed by atoms with Crippen LogP contribution >= 0.6 is 11.8 Å². The van der Waals surface area contributed by atoms with Crippen LogP contribution < -0.4 is 10.1 Å². The number of nitrogens with zero attached hydrogens (tertiary/aromatic N) is 5. The zero-order valence-corrected chi connectivity index (χ0v) is 17.1. The minimum atomic E-state index is -0.165. The van der Waals surface area contributed by atoms with E-state index in [0.29, 0.717) is 28.2 Å². The molecule has 0 aliphatic carbocycles. The van der Waals surface area contributed by atoms with E-state index in [0.717, 1.165) is 5.56 Å². The molecule has 2 heterocycles. The van der Waals surface area contributed by atoms with Crippen LogP contribution in [0.15, 0.2) is 64.3 Å². The van der Waals surface area contributed by atoms with E-state index < -0.39 is 0 Å². The fourth-order valence-corrected chi connectivity index (χ4v) is 3.38. The number of amides is 1. The van der Waals surface area contributed by atoms with Gasteiger partial charge in [0.05, 0.1) is 12.9 Å². The van der Waals surface area contributed by atoms with Gasteiger partial charge in [0.2, 0.25) is 17.6 Å². The van der Waals surface area contributed by atoms with Gasteiger partial charge in [-0.1, -0.05) is 53.3 Å². The molecule has 1 amide bonds. The molecule has 2 aromatic carbocycles. The summed E-state index contributed by atoms with van der Waals surface area (Å²) in [6.45, 7) is 0. The van der Waals surface area contributed by atoms with Crippen LogP contribution in [0, 0.1) is 0 Å². The van der Waals surface area contributed by atoms with Gasteiger partial charge in [-0.25, -0.2) is 0 Å². The van der Waals surface area contributed by atoms with Gasteiger partial charge < -0.3 is 19.1 Å². The predicted octanol–water partition coefficient (Wildman–Crippen LogP) is 3.27. The number of carbonyl (C=O) groups excluding carboxylic acids is 1. The molecule has 0 saturated carbocycles. The van der Waals surface area contributed by atoms with Crippen molar-refractivity contribution in [3.63, 3.8) is 0 Å². The topological polar surface area (TPSA) is 108 Å². The third kappa shape index (κ3) is 4.33. The molecule has 4 rings (SSSR count). The highest BCUT2D eigenvalue weighted by atomic mass is 32.2. The van der Waals surface area contributed by atoms with Crippen LogP contribution in [-0.4, -0.2) is 43.7 Å². The summed E-state index contributed by atoms with van der Waals surface area (Å²) in [5, 5.41) is 15.6. The van der Waals surface area contributed by atoms with Crippen LogP contribution in [0.5, 0.6) is 5.75 Å². The normalized spacial score (nSPS) is 10.7. The number of rotatable bonds is 7. The summed E-state index contributed by atoms with van der Waals surface area (Å²) in [7, 11) is 3.36. The van der Waals surface area contributed by atoms with E-state index in [9.17, 15) is 4.79 Å². The third-order valence-electron chi connectivity index (χ3n) is 4.17. The second-order valence-electron chi connectivity index (χ2n) is 6.22. The summed E-state index contributed by atoms with van der Waals surface area (Å²) in [5.41, 5.74) is 1.51. The van der Waals surface area contributed by atoms with Crippen LogP contribution in [0.25, 0.3) is 23.1 Å². The molecular weight excluding hydrogens is 404 g/mol. The smallest absolute Gasteiger partial charge is 0.296 e. The van der Waals surface area contributed by atoms with Crippen LogP contribution in [0.1, 0.15) is 0 Å². The molecule has 10 heteroatoms. The SMILES string of the molecule is COc1cccc(NC(=O)CSc2nnc(-c3nc(-c4ccccc4)no3)n2C)c1. The Hall–Kier alpha value is -3.66. The highest BCUT2D eigenvalue weighted by molar-refractivity contribution is 7.99. The Balaban J connectivity index is 1.41. The molecule has 0 aliphatic rings. The Morgan fingerprint density at radius 2 is 2.00 bits per heavy atom. The van der Waals surface area contributed by atoms with E-state index in [1.54, 1.807) is 30.9 Å². The maximum absolute atomic E-state index is 12.3. The first-order valence-corrected chi connectivity index (χ1v) is 9.98. The number of aromatic nitrogens is 5. The largest absolute Gasteiger partial charge is 0.497 e. The van der Waals surface area contributed by atoms with Crippen molar-refractivity contribution in [2.75, 3.05) is 18.2 Å². The van der Waals surface area contributed by atoms with Crippen molar-refractivity contribution < 1.29 is 14.1 Å². The van der Waals surface area contributed by atoms with Crippen molar-refractivity contribution in [3.05, 3.63) is 54.6 Å². The van der Waals surface area contributed by atoms with Gasteiger partial charge >= 0.3 is 0 Å². The average molecular weight is 422 g/mol. The monoisotopic (exact) mass is 422 g/mol. The minimum absolute atomic E-state index is 0.165. The molecule has 0 atom stereocenters. The van der Waals surface area contributed by atoms with Gasteiger partial charge in [-0.15, -0.1) is 10.2 Å². The molecule has 1 N–H and O–H groups in total. The molecule has 0 saturated heterocycles. The van der Waals surface area contributed by atoms with Gasteiger partial charge in [-0.3, -0.25) is 4.79 Å². The van der Waals surface area contributed by atoms with Crippen molar-refractivity contribution in [2.45, 2.75) is 5.16 Å². The summed E-state index contributed by atoms with van der Waals surface area (Å²) >= 11 is 1.26. The summed E-state index contributed by atoms with van der Waals surface area (Å²) in [6, 6.07) is 16.7. The zero-order chi connectivity index (χ0) is 20.9. The lowest BCUT2D eigenvalue weighted by Gasteiger charge is -2.06. The molecule has 0 spiro atoms. The van der Waals surface area contributed by atoms with E-state index in [1.165, 1.54) is 11.8 Å². The Bertz CT molecular complexity index is 1160. The van der Waals surface area contributed by atoms with Crippen molar-refractivity contribution in [1.29, 1.82) is 0 Å². The summed E-state index contributed by atoms with van der Waals surface area (Å²) in [6.07, 6.45) is 0. The lowest BCUT2D eigenvalue weighted by atomic mass is 10.2. The maximum Gasteiger partial charge on any atom is 0.296 e. The van der Waals surface area contributed by atoms with E-state index in [1.807, 2.05) is 42.5 Å². The molecule has 0 fully saturated rings. The van der Waals surface area contributed by atoms with Crippen LogP contribution in [0.2, 0.25) is 0 Å². The summed E-state index contributed by atoms with van der Waals surface area (Å²) in [5.74, 6) is 1.84. The van der Waals surface area contributed by atoms with E-state index in [2.05, 4.69) is 25.7 Å². The van der Waals surface area contributed by atoms with Crippen LogP contribution in [0.3, 0.4) is 0 Å². The number of thioether (sulfide) groups is 1. The Morgan fingerprint density at radius 1 is 1.17 bits per heavy atom. The number of benzene rings is 2. The highest BCUT2D eigenvalue weighted by Gasteiger charge is 2.19.